The number of aliphatic hydroxyl groups excluding tert-OH is 1. The molecule has 0 aromatic carbocycles. The fraction of sp³-hybridized carbons (Fsp3) is 0.948. The summed E-state index contributed by atoms with van der Waals surface area (Å²) in [5, 5.41) is 10.6. The van der Waals surface area contributed by atoms with Crippen LogP contribution in [0.15, 0.2) is 0 Å². The molecule has 0 radical (unpaired) electrons. The van der Waals surface area contributed by atoms with E-state index in [0.29, 0.717) is 25.7 Å². The minimum absolute atomic E-state index is 0.107. The lowest BCUT2D eigenvalue weighted by Gasteiger charge is -2.21. The summed E-state index contributed by atoms with van der Waals surface area (Å²) >= 11 is 0. The Morgan fingerprint density at radius 3 is 0.740 bits per heavy atom. The van der Waals surface area contributed by atoms with Crippen molar-refractivity contribution in [1.82, 2.24) is 0 Å². The normalized spacial score (nSPS) is 14.2. The van der Waals surface area contributed by atoms with Crippen molar-refractivity contribution >= 4 is 39.5 Å². The molecule has 17 nitrogen and oxygen atoms in total. The van der Waals surface area contributed by atoms with E-state index in [0.717, 1.165) is 102 Å². The first-order valence-corrected chi connectivity index (χ1v) is 43.2. The van der Waals surface area contributed by atoms with E-state index in [4.69, 9.17) is 37.0 Å². The van der Waals surface area contributed by atoms with Gasteiger partial charge in [0.1, 0.15) is 19.3 Å². The zero-order valence-corrected chi connectivity index (χ0v) is 64.3. The molecule has 3 unspecified atom stereocenters. The highest BCUT2D eigenvalue weighted by Crippen LogP contribution is 2.45. The fourth-order valence-electron chi connectivity index (χ4n) is 11.8. The topological polar surface area (TPSA) is 237 Å². The smallest absolute Gasteiger partial charge is 0.462 e. The van der Waals surface area contributed by atoms with Crippen LogP contribution in [0.1, 0.15) is 407 Å². The summed E-state index contributed by atoms with van der Waals surface area (Å²) in [4.78, 5) is 72.8. The molecular weight excluding hydrogens is 1260 g/mol. The van der Waals surface area contributed by atoms with Gasteiger partial charge in [0, 0.05) is 25.7 Å². The van der Waals surface area contributed by atoms with Crippen LogP contribution in [-0.2, 0) is 65.4 Å². The second-order valence-corrected chi connectivity index (χ2v) is 30.9. The molecule has 3 N–H and O–H groups in total. The number of phosphoric acid groups is 2. The molecule has 0 bridgehead atoms. The van der Waals surface area contributed by atoms with Crippen molar-refractivity contribution in [1.29, 1.82) is 0 Å². The molecule has 0 aromatic rings. The van der Waals surface area contributed by atoms with Crippen molar-refractivity contribution in [2.75, 3.05) is 39.6 Å². The zero-order valence-electron chi connectivity index (χ0n) is 62.5. The predicted molar refractivity (Wildman–Crippen MR) is 391 cm³/mol. The average Bonchev–Trinajstić information content (AvgIpc) is 1.31. The van der Waals surface area contributed by atoms with E-state index >= 15 is 0 Å². The minimum Gasteiger partial charge on any atom is -0.462 e. The lowest BCUT2D eigenvalue weighted by Crippen LogP contribution is -2.30. The van der Waals surface area contributed by atoms with Crippen molar-refractivity contribution in [2.24, 2.45) is 5.92 Å². The lowest BCUT2D eigenvalue weighted by molar-refractivity contribution is -0.161. The van der Waals surface area contributed by atoms with Crippen molar-refractivity contribution in [3.8, 4) is 0 Å². The molecule has 0 fully saturated rings. The summed E-state index contributed by atoms with van der Waals surface area (Å²) in [6, 6.07) is 0. The second kappa shape index (κ2) is 70.1. The van der Waals surface area contributed by atoms with E-state index in [9.17, 15) is 43.2 Å². The molecule has 0 aromatic heterocycles. The van der Waals surface area contributed by atoms with Gasteiger partial charge in [0.15, 0.2) is 12.2 Å². The Morgan fingerprint density at radius 1 is 0.292 bits per heavy atom. The van der Waals surface area contributed by atoms with Gasteiger partial charge in [0.05, 0.1) is 26.4 Å². The molecule has 0 rings (SSSR count). The highest BCUT2D eigenvalue weighted by molar-refractivity contribution is 7.47. The molecule has 0 spiro atoms. The van der Waals surface area contributed by atoms with Crippen LogP contribution in [0.2, 0.25) is 0 Å². The Bertz CT molecular complexity index is 1840. The first kappa shape index (κ1) is 94.1. The predicted octanol–water partition coefficient (Wildman–Crippen LogP) is 22.9. The first-order valence-electron chi connectivity index (χ1n) is 40.2. The van der Waals surface area contributed by atoms with E-state index < -0.39 is 97.5 Å². The Labute approximate surface area is 588 Å². The molecule has 0 aliphatic heterocycles. The van der Waals surface area contributed by atoms with Gasteiger partial charge in [-0.15, -0.1) is 0 Å². The monoisotopic (exact) mass is 1410 g/mol. The van der Waals surface area contributed by atoms with Crippen molar-refractivity contribution in [2.45, 2.75) is 425 Å². The van der Waals surface area contributed by atoms with Crippen molar-refractivity contribution < 1.29 is 80.2 Å². The van der Waals surface area contributed by atoms with Gasteiger partial charge in [-0.1, -0.05) is 356 Å². The van der Waals surface area contributed by atoms with Crippen LogP contribution < -0.4 is 0 Å². The van der Waals surface area contributed by atoms with Gasteiger partial charge < -0.3 is 33.8 Å². The maximum absolute atomic E-state index is 13.1. The highest BCUT2D eigenvalue weighted by atomic mass is 31.2. The summed E-state index contributed by atoms with van der Waals surface area (Å²) in [7, 11) is -9.91. The van der Waals surface area contributed by atoms with Crippen LogP contribution in [0.25, 0.3) is 0 Å². The van der Waals surface area contributed by atoms with Gasteiger partial charge in [-0.2, -0.15) is 0 Å². The Balaban J connectivity index is 5.22. The van der Waals surface area contributed by atoms with Gasteiger partial charge in [0.2, 0.25) is 0 Å². The van der Waals surface area contributed by atoms with Gasteiger partial charge in [0.25, 0.3) is 0 Å². The third kappa shape index (κ3) is 69.2. The lowest BCUT2D eigenvalue weighted by atomic mass is 10.00. The second-order valence-electron chi connectivity index (χ2n) is 28.0. The summed E-state index contributed by atoms with van der Waals surface area (Å²) in [6.07, 6.45) is 59.6. The fourth-order valence-corrected chi connectivity index (χ4v) is 13.4. The number of hydrogen-bond donors (Lipinski definition) is 3. The van der Waals surface area contributed by atoms with E-state index in [-0.39, 0.29) is 25.7 Å². The maximum atomic E-state index is 13.1. The number of ether oxygens (including phenoxy) is 4. The summed E-state index contributed by atoms with van der Waals surface area (Å²) in [5.74, 6) is -1.38. The number of hydrogen-bond acceptors (Lipinski definition) is 15. The van der Waals surface area contributed by atoms with Crippen molar-refractivity contribution in [3.63, 3.8) is 0 Å². The van der Waals surface area contributed by atoms with E-state index in [1.807, 2.05) is 0 Å². The SMILES string of the molecule is CCCCCCCCCCCCCCCCCCCCCCC(=O)O[C@H](COC(=O)CCCCCCCCCCCCCCC)COP(=O)(O)OC[C@@H](O)COP(=O)(O)OC[C@@H](COC(=O)CCCCCCCCC(C)CC)OC(=O)CCCCCCCCCCCCCCC. The number of unbranched alkanes of at least 4 members (excludes halogenated alkanes) is 48. The van der Waals surface area contributed by atoms with Crippen LogP contribution in [0.4, 0.5) is 0 Å². The zero-order chi connectivity index (χ0) is 70.5. The first-order chi connectivity index (χ1) is 46.6. The molecule has 19 heteroatoms. The highest BCUT2D eigenvalue weighted by Gasteiger charge is 2.30. The molecule has 0 amide bonds. The molecule has 0 aliphatic carbocycles. The number of rotatable bonds is 77. The van der Waals surface area contributed by atoms with Crippen LogP contribution in [0.3, 0.4) is 0 Å². The molecule has 0 saturated heterocycles. The molecule has 0 heterocycles. The largest absolute Gasteiger partial charge is 0.472 e. The van der Waals surface area contributed by atoms with Crippen LogP contribution >= 0.6 is 15.6 Å². The van der Waals surface area contributed by atoms with E-state index in [1.54, 1.807) is 0 Å². The van der Waals surface area contributed by atoms with Gasteiger partial charge >= 0.3 is 39.5 Å². The Morgan fingerprint density at radius 2 is 0.500 bits per heavy atom. The van der Waals surface area contributed by atoms with Gasteiger partial charge in [-0.05, 0) is 31.6 Å². The quantitative estimate of drug-likeness (QED) is 0.0222. The Hall–Kier alpha value is -1.94. The molecule has 6 atom stereocenters. The number of esters is 4. The number of carbonyl (C=O) groups excluding carboxylic acids is 4. The van der Waals surface area contributed by atoms with E-state index in [2.05, 4.69) is 34.6 Å². The number of phosphoric ester groups is 2. The summed E-state index contributed by atoms with van der Waals surface area (Å²) < 4.78 is 68.6. The molecule has 0 aliphatic rings. The Kier molecular flexibility index (Phi) is 68.7. The molecule has 0 saturated carbocycles. The standard InChI is InChI=1S/C77H150O17P2/c1-6-10-13-16-19-22-25-28-29-30-31-32-33-34-37-40-43-46-53-58-63-76(81)93-72(66-87-74(79)60-55-50-44-41-38-35-26-23-20-17-14-11-7-2)68-91-95(83,84)89-64-71(78)65-90-96(85,86)92-69-73(67-88-75(80)61-56-51-48-47-49-54-59-70(5)9-4)94-77(82)62-57-52-45-42-39-36-27-24-21-18-15-12-8-3/h70-73,78H,6-69H2,1-5H3,(H,83,84)(H,85,86)/t70?,71-,72-,73-/m1/s1. The third-order valence-corrected chi connectivity index (χ3v) is 20.3. The van der Waals surface area contributed by atoms with Gasteiger partial charge in [-0.3, -0.25) is 37.3 Å². The molecular formula is C77H150O17P2. The number of aliphatic hydroxyl groups is 1. The van der Waals surface area contributed by atoms with Crippen LogP contribution in [0.5, 0.6) is 0 Å². The van der Waals surface area contributed by atoms with Crippen LogP contribution in [0, 0.1) is 5.92 Å². The maximum Gasteiger partial charge on any atom is 0.472 e. The summed E-state index contributed by atoms with van der Waals surface area (Å²) in [5.41, 5.74) is 0. The third-order valence-electron chi connectivity index (χ3n) is 18.4. The number of carbonyl (C=O) groups is 4. The average molecular weight is 1410 g/mol. The molecule has 96 heavy (non-hydrogen) atoms. The van der Waals surface area contributed by atoms with Crippen molar-refractivity contribution in [3.05, 3.63) is 0 Å². The molecule has 570 valence electrons. The van der Waals surface area contributed by atoms with E-state index in [1.165, 1.54) is 225 Å². The van der Waals surface area contributed by atoms with Crippen LogP contribution in [-0.4, -0.2) is 96.7 Å². The van der Waals surface area contributed by atoms with Gasteiger partial charge in [-0.25, -0.2) is 9.13 Å². The minimum atomic E-state index is -4.96. The summed E-state index contributed by atoms with van der Waals surface area (Å²) in [6.45, 7) is 7.26.